The first-order chi connectivity index (χ1) is 9.38. The summed E-state index contributed by atoms with van der Waals surface area (Å²) in [5.41, 5.74) is 0.0184. The van der Waals surface area contributed by atoms with E-state index in [1.807, 2.05) is 0 Å². The lowest BCUT2D eigenvalue weighted by Crippen LogP contribution is -2.51. The number of piperazine rings is 1. The molecule has 1 N–H and O–H groups in total. The normalized spacial score (nSPS) is 15.7. The molecule has 0 aromatic heterocycles. The van der Waals surface area contributed by atoms with E-state index in [1.54, 1.807) is 0 Å². The van der Waals surface area contributed by atoms with Gasteiger partial charge in [-0.1, -0.05) is 0 Å². The maximum absolute atomic E-state index is 13.7. The van der Waals surface area contributed by atoms with Crippen LogP contribution >= 0.6 is 0 Å². The average Bonchev–Trinajstić information content (AvgIpc) is 2.38. The van der Waals surface area contributed by atoms with Crippen molar-refractivity contribution in [2.75, 3.05) is 20.1 Å². The molecular weight excluding hydrogens is 267 g/mol. The van der Waals surface area contributed by atoms with E-state index in [4.69, 9.17) is 5.11 Å². The molecule has 1 aliphatic rings. The molecule has 6 nitrogen and oxygen atoms in total. The second-order valence-corrected chi connectivity index (χ2v) is 4.61. The predicted octanol–water partition coefficient (Wildman–Crippen LogP) is 0.324. The number of carbonyl (C=O) groups is 3. The van der Waals surface area contributed by atoms with Crippen LogP contribution in [0, 0.1) is 5.82 Å². The molecule has 2 rings (SSSR count). The topological polar surface area (TPSA) is 77.9 Å². The molecule has 7 heteroatoms. The number of carboxylic acid groups (broad SMARTS) is 1. The van der Waals surface area contributed by atoms with Crippen LogP contribution < -0.4 is 0 Å². The maximum atomic E-state index is 13.7. The van der Waals surface area contributed by atoms with Crippen molar-refractivity contribution in [3.05, 3.63) is 35.1 Å². The second-order valence-electron chi connectivity index (χ2n) is 4.61. The van der Waals surface area contributed by atoms with Crippen LogP contribution in [0.15, 0.2) is 18.2 Å². The molecule has 0 radical (unpaired) electrons. The third-order valence-corrected chi connectivity index (χ3v) is 3.13. The second kappa shape index (κ2) is 5.28. The Kier molecular flexibility index (Phi) is 3.69. The highest BCUT2D eigenvalue weighted by Crippen LogP contribution is 2.15. The fraction of sp³-hybridized carbons (Fsp3) is 0.308. The van der Waals surface area contributed by atoms with Crippen molar-refractivity contribution in [2.24, 2.45) is 0 Å². The van der Waals surface area contributed by atoms with Gasteiger partial charge < -0.3 is 14.9 Å². The molecule has 0 spiro atoms. The van der Waals surface area contributed by atoms with Gasteiger partial charge in [0.1, 0.15) is 12.4 Å². The van der Waals surface area contributed by atoms with Gasteiger partial charge >= 0.3 is 5.97 Å². The third-order valence-electron chi connectivity index (χ3n) is 3.13. The van der Waals surface area contributed by atoms with E-state index < -0.39 is 11.8 Å². The van der Waals surface area contributed by atoms with Gasteiger partial charge in [0.15, 0.2) is 0 Å². The van der Waals surface area contributed by atoms with Gasteiger partial charge in [-0.15, -0.1) is 0 Å². The molecule has 106 valence electrons. The molecule has 1 heterocycles. The number of hydrogen-bond acceptors (Lipinski definition) is 3. The van der Waals surface area contributed by atoms with Crippen molar-refractivity contribution >= 4 is 17.8 Å². The van der Waals surface area contributed by atoms with E-state index in [-0.39, 0.29) is 42.6 Å². The Hall–Kier alpha value is -2.44. The quantitative estimate of drug-likeness (QED) is 0.865. The zero-order valence-corrected chi connectivity index (χ0v) is 10.8. The average molecular weight is 280 g/mol. The summed E-state index contributed by atoms with van der Waals surface area (Å²) in [6.45, 7) is -0.309. The molecule has 1 aromatic rings. The minimum atomic E-state index is -1.17. The Balaban J connectivity index is 2.21. The Morgan fingerprint density at radius 2 is 2.00 bits per heavy atom. The molecule has 0 unspecified atom stereocenters. The van der Waals surface area contributed by atoms with Crippen LogP contribution in [-0.2, 0) is 16.1 Å². The van der Waals surface area contributed by atoms with E-state index in [9.17, 15) is 18.8 Å². The first-order valence-corrected chi connectivity index (χ1v) is 5.92. The van der Waals surface area contributed by atoms with Crippen LogP contribution in [0.5, 0.6) is 0 Å². The van der Waals surface area contributed by atoms with Gasteiger partial charge in [0.05, 0.1) is 12.1 Å². The fourth-order valence-corrected chi connectivity index (χ4v) is 1.94. The highest BCUT2D eigenvalue weighted by molar-refractivity contribution is 5.92. The number of nitrogens with zero attached hydrogens (tertiary/aromatic N) is 2. The van der Waals surface area contributed by atoms with Crippen molar-refractivity contribution in [1.82, 2.24) is 9.80 Å². The lowest BCUT2D eigenvalue weighted by atomic mass is 10.1. The van der Waals surface area contributed by atoms with Gasteiger partial charge in [-0.25, -0.2) is 9.18 Å². The largest absolute Gasteiger partial charge is 0.478 e. The summed E-state index contributed by atoms with van der Waals surface area (Å²) in [6.07, 6.45) is 0. The summed E-state index contributed by atoms with van der Waals surface area (Å²) in [5.74, 6) is -2.31. The number of rotatable bonds is 3. The number of likely N-dealkylation sites (N-methyl/N-ethyl adjacent to an activating group) is 1. The first-order valence-electron chi connectivity index (χ1n) is 5.92. The summed E-state index contributed by atoms with van der Waals surface area (Å²) in [5, 5.41) is 8.87. The molecule has 1 fully saturated rings. The number of amides is 2. The summed E-state index contributed by atoms with van der Waals surface area (Å²) < 4.78 is 13.7. The van der Waals surface area contributed by atoms with E-state index >= 15 is 0 Å². The molecule has 0 bridgehead atoms. The summed E-state index contributed by atoms with van der Waals surface area (Å²) in [4.78, 5) is 36.7. The summed E-state index contributed by atoms with van der Waals surface area (Å²) in [7, 11) is 1.52. The maximum Gasteiger partial charge on any atom is 0.335 e. The molecule has 2 amide bonds. The predicted molar refractivity (Wildman–Crippen MR) is 66.4 cm³/mol. The van der Waals surface area contributed by atoms with E-state index in [0.717, 1.165) is 12.1 Å². The fourth-order valence-electron chi connectivity index (χ4n) is 1.94. The SMILES string of the molecule is CN1CC(=O)N(Cc2cc(C(=O)O)ccc2F)CC1=O. The van der Waals surface area contributed by atoms with Crippen LogP contribution in [0.1, 0.15) is 15.9 Å². The molecule has 1 saturated heterocycles. The molecule has 20 heavy (non-hydrogen) atoms. The van der Waals surface area contributed by atoms with Gasteiger partial charge in [-0.05, 0) is 18.2 Å². The summed E-state index contributed by atoms with van der Waals surface area (Å²) >= 11 is 0. The summed E-state index contributed by atoms with van der Waals surface area (Å²) in [6, 6.07) is 3.37. The van der Waals surface area contributed by atoms with Crippen molar-refractivity contribution in [2.45, 2.75) is 6.54 Å². The van der Waals surface area contributed by atoms with E-state index in [2.05, 4.69) is 0 Å². The van der Waals surface area contributed by atoms with Gasteiger partial charge in [-0.2, -0.15) is 0 Å². The minimum Gasteiger partial charge on any atom is -0.478 e. The monoisotopic (exact) mass is 280 g/mol. The van der Waals surface area contributed by atoms with E-state index in [0.29, 0.717) is 0 Å². The van der Waals surface area contributed by atoms with Crippen molar-refractivity contribution in [3.63, 3.8) is 0 Å². The van der Waals surface area contributed by atoms with Crippen LogP contribution in [0.3, 0.4) is 0 Å². The number of carbonyl (C=O) groups excluding carboxylic acids is 2. The van der Waals surface area contributed by atoms with Crippen molar-refractivity contribution < 1.29 is 23.9 Å². The zero-order valence-electron chi connectivity index (χ0n) is 10.8. The van der Waals surface area contributed by atoms with E-state index in [1.165, 1.54) is 22.9 Å². The Bertz CT molecular complexity index is 588. The number of aromatic carboxylic acids is 1. The van der Waals surface area contributed by atoms with Gasteiger partial charge in [0, 0.05) is 19.2 Å². The van der Waals surface area contributed by atoms with Crippen LogP contribution in [0.25, 0.3) is 0 Å². The van der Waals surface area contributed by atoms with Crippen molar-refractivity contribution in [3.8, 4) is 0 Å². The van der Waals surface area contributed by atoms with Gasteiger partial charge in [-0.3, -0.25) is 9.59 Å². The number of carboxylic acids is 1. The highest BCUT2D eigenvalue weighted by Gasteiger charge is 2.28. The minimum absolute atomic E-state index is 0.0565. The van der Waals surface area contributed by atoms with Crippen LogP contribution in [0.2, 0.25) is 0 Å². The molecule has 1 aliphatic heterocycles. The Morgan fingerprint density at radius 3 is 2.65 bits per heavy atom. The Morgan fingerprint density at radius 1 is 1.30 bits per heavy atom. The molecule has 1 aromatic carbocycles. The molecular formula is C13H13FN2O4. The standard InChI is InChI=1S/C13H13FN2O4/c1-15-6-12(18)16(7-11(15)17)5-9-4-8(13(19)20)2-3-10(9)14/h2-4H,5-7H2,1H3,(H,19,20). The van der Waals surface area contributed by atoms with Gasteiger partial charge in [0.25, 0.3) is 0 Å². The number of benzene rings is 1. The van der Waals surface area contributed by atoms with Gasteiger partial charge in [0.2, 0.25) is 11.8 Å². The number of hydrogen-bond donors (Lipinski definition) is 1. The molecule has 0 aliphatic carbocycles. The first kappa shape index (κ1) is 14.0. The lowest BCUT2D eigenvalue weighted by molar-refractivity contribution is -0.149. The Labute approximate surface area is 114 Å². The smallest absolute Gasteiger partial charge is 0.335 e. The molecule has 0 atom stereocenters. The van der Waals surface area contributed by atoms with Crippen LogP contribution in [-0.4, -0.2) is 52.8 Å². The lowest BCUT2D eigenvalue weighted by Gasteiger charge is -2.31. The van der Waals surface area contributed by atoms with Crippen molar-refractivity contribution in [1.29, 1.82) is 0 Å². The van der Waals surface area contributed by atoms with Crippen LogP contribution in [0.4, 0.5) is 4.39 Å². The third kappa shape index (κ3) is 2.76. The highest BCUT2D eigenvalue weighted by atomic mass is 19.1. The number of halogens is 1. The zero-order chi connectivity index (χ0) is 14.9. The molecule has 0 saturated carbocycles.